The lowest BCUT2D eigenvalue weighted by Gasteiger charge is -2.20. The summed E-state index contributed by atoms with van der Waals surface area (Å²) in [4.78, 5) is 5.50. The van der Waals surface area contributed by atoms with Gasteiger partial charge in [-0.05, 0) is 60.9 Å². The predicted octanol–water partition coefficient (Wildman–Crippen LogP) is 3.59. The van der Waals surface area contributed by atoms with Crippen molar-refractivity contribution in [2.75, 3.05) is 13.7 Å². The summed E-state index contributed by atoms with van der Waals surface area (Å²) in [6, 6.07) is 16.1. The second-order valence-electron chi connectivity index (χ2n) is 7.38. The van der Waals surface area contributed by atoms with Crippen molar-refractivity contribution in [1.29, 1.82) is 0 Å². The van der Waals surface area contributed by atoms with Crippen LogP contribution in [0.2, 0.25) is 0 Å². The molecule has 0 heterocycles. The number of benzene rings is 2. The Morgan fingerprint density at radius 3 is 2.70 bits per heavy atom. The molecule has 1 aliphatic rings. The first-order valence-corrected chi connectivity index (χ1v) is 9.32. The minimum absolute atomic E-state index is 0.0535. The number of nitrogens with two attached hydrogens (primary N) is 1. The van der Waals surface area contributed by atoms with Gasteiger partial charge in [-0.3, -0.25) is 0 Å². The maximum Gasteiger partial charge on any atom is 0.142 e. The van der Waals surface area contributed by atoms with E-state index in [1.165, 1.54) is 5.56 Å². The smallest absolute Gasteiger partial charge is 0.142 e. The summed E-state index contributed by atoms with van der Waals surface area (Å²) in [5, 5.41) is 13.7. The average Bonchev–Trinajstić information content (AvgIpc) is 3.11. The Labute approximate surface area is 160 Å². The van der Waals surface area contributed by atoms with Crippen molar-refractivity contribution in [3.8, 4) is 5.75 Å². The van der Waals surface area contributed by atoms with E-state index in [-0.39, 0.29) is 6.61 Å². The van der Waals surface area contributed by atoms with Crippen LogP contribution in [0.25, 0.3) is 0 Å². The Morgan fingerprint density at radius 1 is 1.26 bits per heavy atom. The highest BCUT2D eigenvalue weighted by molar-refractivity contribution is 5.98. The Hall–Kier alpha value is -2.37. The molecule has 3 rings (SSSR count). The van der Waals surface area contributed by atoms with Crippen LogP contribution in [0.5, 0.6) is 5.75 Å². The van der Waals surface area contributed by atoms with Gasteiger partial charge in [0.05, 0.1) is 19.4 Å². The van der Waals surface area contributed by atoms with E-state index in [9.17, 15) is 5.11 Å². The molecule has 1 fully saturated rings. The normalized spacial score (nSPS) is 22.7. The number of ether oxygens (including phenoxy) is 1. The number of rotatable bonds is 7. The molecule has 27 heavy (non-hydrogen) atoms. The highest BCUT2D eigenvalue weighted by Crippen LogP contribution is 2.39. The molecule has 144 valence electrons. The third-order valence-electron chi connectivity index (χ3n) is 5.33. The summed E-state index contributed by atoms with van der Waals surface area (Å²) in [6.07, 6.45) is 2.72. The van der Waals surface area contributed by atoms with Gasteiger partial charge in [-0.15, -0.1) is 0 Å². The lowest BCUT2D eigenvalue weighted by Crippen LogP contribution is -2.40. The lowest BCUT2D eigenvalue weighted by atomic mass is 9.93. The molecule has 2 aromatic carbocycles. The number of oxime groups is 1. The lowest BCUT2D eigenvalue weighted by molar-refractivity contribution is 0.130. The number of hydrogen-bond donors (Lipinski definition) is 2. The summed E-state index contributed by atoms with van der Waals surface area (Å²) < 4.78 is 5.21. The Bertz CT molecular complexity index is 788. The number of nitrogens with zero attached hydrogens (tertiary/aromatic N) is 1. The Morgan fingerprint density at radius 2 is 2.04 bits per heavy atom. The third kappa shape index (κ3) is 4.87. The molecule has 2 atom stereocenters. The van der Waals surface area contributed by atoms with Crippen LogP contribution in [-0.4, -0.2) is 30.1 Å². The SMILES string of the molecule is COc1cccc(CO/N=C(\C)c2ccc([C@@H]3CC[C@](N)(CO)C3)cc2)c1. The molecule has 0 amide bonds. The van der Waals surface area contributed by atoms with E-state index in [1.54, 1.807) is 7.11 Å². The van der Waals surface area contributed by atoms with Crippen LogP contribution in [0.15, 0.2) is 53.7 Å². The number of aliphatic hydroxyl groups excluding tert-OH is 1. The van der Waals surface area contributed by atoms with Crippen molar-refractivity contribution in [1.82, 2.24) is 0 Å². The molecule has 1 aliphatic carbocycles. The largest absolute Gasteiger partial charge is 0.497 e. The summed E-state index contributed by atoms with van der Waals surface area (Å²) in [7, 11) is 1.65. The molecule has 1 saturated carbocycles. The summed E-state index contributed by atoms with van der Waals surface area (Å²) >= 11 is 0. The molecule has 3 N–H and O–H groups in total. The van der Waals surface area contributed by atoms with Crippen molar-refractivity contribution < 1.29 is 14.7 Å². The molecule has 5 nitrogen and oxygen atoms in total. The summed E-state index contributed by atoms with van der Waals surface area (Å²) in [6.45, 7) is 2.39. The van der Waals surface area contributed by atoms with Crippen LogP contribution in [0.3, 0.4) is 0 Å². The molecular weight excluding hydrogens is 340 g/mol. The van der Waals surface area contributed by atoms with E-state index in [0.29, 0.717) is 12.5 Å². The van der Waals surface area contributed by atoms with Crippen molar-refractivity contribution in [2.24, 2.45) is 10.9 Å². The molecule has 0 aromatic heterocycles. The van der Waals surface area contributed by atoms with Crippen LogP contribution in [0.4, 0.5) is 0 Å². The minimum Gasteiger partial charge on any atom is -0.497 e. The zero-order chi connectivity index (χ0) is 19.3. The van der Waals surface area contributed by atoms with E-state index in [4.69, 9.17) is 15.3 Å². The zero-order valence-corrected chi connectivity index (χ0v) is 16.0. The fourth-order valence-corrected chi connectivity index (χ4v) is 3.60. The van der Waals surface area contributed by atoms with E-state index < -0.39 is 5.54 Å². The molecule has 5 heteroatoms. The maximum absolute atomic E-state index is 9.44. The van der Waals surface area contributed by atoms with Crippen LogP contribution in [0.1, 0.15) is 48.8 Å². The van der Waals surface area contributed by atoms with Gasteiger partial charge in [0.2, 0.25) is 0 Å². The van der Waals surface area contributed by atoms with Gasteiger partial charge in [0.25, 0.3) is 0 Å². The van der Waals surface area contributed by atoms with Crippen molar-refractivity contribution in [3.63, 3.8) is 0 Å². The van der Waals surface area contributed by atoms with E-state index >= 15 is 0 Å². The van der Waals surface area contributed by atoms with Gasteiger partial charge in [-0.25, -0.2) is 0 Å². The number of methoxy groups -OCH3 is 1. The van der Waals surface area contributed by atoms with E-state index in [1.807, 2.05) is 31.2 Å². The van der Waals surface area contributed by atoms with Crippen LogP contribution in [-0.2, 0) is 11.4 Å². The van der Waals surface area contributed by atoms with Crippen LogP contribution >= 0.6 is 0 Å². The van der Waals surface area contributed by atoms with Crippen LogP contribution in [0, 0.1) is 0 Å². The first-order chi connectivity index (χ1) is 13.0. The summed E-state index contributed by atoms with van der Waals surface area (Å²) in [5.74, 6) is 1.22. The van der Waals surface area contributed by atoms with Gasteiger partial charge in [0.1, 0.15) is 12.4 Å². The first-order valence-electron chi connectivity index (χ1n) is 9.32. The Kier molecular flexibility index (Phi) is 6.14. The molecule has 0 aliphatic heterocycles. The van der Waals surface area contributed by atoms with Gasteiger partial charge >= 0.3 is 0 Å². The molecule has 0 bridgehead atoms. The number of hydrogen-bond acceptors (Lipinski definition) is 5. The molecule has 0 spiro atoms. The second kappa shape index (κ2) is 8.55. The molecule has 0 saturated heterocycles. The number of aliphatic hydroxyl groups is 1. The molecule has 2 aromatic rings. The van der Waals surface area contributed by atoms with Gasteiger partial charge in [0.15, 0.2) is 0 Å². The summed E-state index contributed by atoms with van der Waals surface area (Å²) in [5.41, 5.74) is 9.91. The van der Waals surface area contributed by atoms with Gasteiger partial charge in [0, 0.05) is 5.54 Å². The van der Waals surface area contributed by atoms with Crippen molar-refractivity contribution in [2.45, 2.75) is 44.2 Å². The van der Waals surface area contributed by atoms with Crippen LogP contribution < -0.4 is 10.5 Å². The second-order valence-corrected chi connectivity index (χ2v) is 7.38. The maximum atomic E-state index is 9.44. The quantitative estimate of drug-likeness (QED) is 0.578. The Balaban J connectivity index is 1.58. The zero-order valence-electron chi connectivity index (χ0n) is 16.0. The van der Waals surface area contributed by atoms with Gasteiger partial charge in [-0.1, -0.05) is 41.6 Å². The highest BCUT2D eigenvalue weighted by Gasteiger charge is 2.35. The average molecular weight is 368 g/mol. The standard InChI is InChI=1S/C22H28N2O3/c1-16(24-27-14-17-4-3-5-21(12-17)26-2)18-6-8-19(9-7-18)20-10-11-22(23,13-20)15-25/h3-9,12,20,25H,10-11,13-15,23H2,1-2H3/b24-16+/t20-,22-/m1/s1. The van der Waals surface area contributed by atoms with E-state index in [0.717, 1.165) is 41.9 Å². The third-order valence-corrected chi connectivity index (χ3v) is 5.33. The minimum atomic E-state index is -0.422. The molecule has 0 radical (unpaired) electrons. The van der Waals surface area contributed by atoms with Gasteiger partial charge < -0.3 is 20.4 Å². The monoisotopic (exact) mass is 368 g/mol. The highest BCUT2D eigenvalue weighted by atomic mass is 16.6. The van der Waals surface area contributed by atoms with Gasteiger partial charge in [-0.2, -0.15) is 0 Å². The molecule has 0 unspecified atom stereocenters. The van der Waals surface area contributed by atoms with Crippen molar-refractivity contribution >= 4 is 5.71 Å². The fourth-order valence-electron chi connectivity index (χ4n) is 3.60. The first kappa shape index (κ1) is 19.4. The van der Waals surface area contributed by atoms with Crippen molar-refractivity contribution in [3.05, 3.63) is 65.2 Å². The molecular formula is C22H28N2O3. The fraction of sp³-hybridized carbons (Fsp3) is 0.409. The predicted molar refractivity (Wildman–Crippen MR) is 107 cm³/mol. The van der Waals surface area contributed by atoms with E-state index in [2.05, 4.69) is 29.4 Å². The topological polar surface area (TPSA) is 77.1 Å².